The van der Waals surface area contributed by atoms with Crippen molar-refractivity contribution >= 4 is 5.82 Å². The zero-order valence-corrected chi connectivity index (χ0v) is 12.5. The van der Waals surface area contributed by atoms with Gasteiger partial charge in [-0.3, -0.25) is 4.57 Å². The van der Waals surface area contributed by atoms with Gasteiger partial charge in [0.25, 0.3) is 0 Å². The maximum Gasteiger partial charge on any atom is 0.352 e. The minimum absolute atomic E-state index is 0.0209. The third kappa shape index (κ3) is 3.48. The van der Waals surface area contributed by atoms with Crippen molar-refractivity contribution in [1.82, 2.24) is 14.9 Å². The normalized spacial score (nSPS) is 26.6. The van der Waals surface area contributed by atoms with Crippen LogP contribution in [0.4, 0.5) is 19.0 Å². The van der Waals surface area contributed by atoms with Gasteiger partial charge in [-0.05, 0) is 13.0 Å². The molecule has 0 bridgehead atoms. The van der Waals surface area contributed by atoms with Crippen LogP contribution in [0.3, 0.4) is 0 Å². The van der Waals surface area contributed by atoms with E-state index in [0.29, 0.717) is 17.3 Å². The SMILES string of the molecule is CCCCNC[C@H]1O[C@@H](n2cc(F)c(N)nc2=O)C(F)(F)[C@@H]1O. The highest BCUT2D eigenvalue weighted by Crippen LogP contribution is 2.42. The van der Waals surface area contributed by atoms with Crippen LogP contribution < -0.4 is 16.7 Å². The molecule has 1 aromatic rings. The fourth-order valence-corrected chi connectivity index (χ4v) is 2.31. The average Bonchev–Trinajstić information content (AvgIpc) is 2.71. The Morgan fingerprint density at radius 3 is 2.91 bits per heavy atom. The molecule has 0 spiro atoms. The van der Waals surface area contributed by atoms with Gasteiger partial charge < -0.3 is 20.9 Å². The van der Waals surface area contributed by atoms with Crippen LogP contribution >= 0.6 is 0 Å². The molecule has 10 heteroatoms. The Hall–Kier alpha value is -1.65. The van der Waals surface area contributed by atoms with Crippen molar-refractivity contribution in [1.29, 1.82) is 0 Å². The van der Waals surface area contributed by atoms with E-state index < -0.39 is 41.7 Å². The summed E-state index contributed by atoms with van der Waals surface area (Å²) in [5.41, 5.74) is 3.94. The number of hydrogen-bond donors (Lipinski definition) is 3. The number of rotatable bonds is 6. The molecule has 1 aliphatic heterocycles. The second kappa shape index (κ2) is 6.85. The molecule has 1 aromatic heterocycles. The summed E-state index contributed by atoms with van der Waals surface area (Å²) < 4.78 is 47.2. The predicted octanol–water partition coefficient (Wildman–Crippen LogP) is 0.248. The fourth-order valence-electron chi connectivity index (χ4n) is 2.31. The molecule has 0 aliphatic carbocycles. The summed E-state index contributed by atoms with van der Waals surface area (Å²) in [4.78, 5) is 14.8. The van der Waals surface area contributed by atoms with Gasteiger partial charge in [0.05, 0.1) is 6.20 Å². The summed E-state index contributed by atoms with van der Waals surface area (Å²) in [6.07, 6.45) is -3.25. The Kier molecular flexibility index (Phi) is 5.27. The van der Waals surface area contributed by atoms with Crippen molar-refractivity contribution in [3.63, 3.8) is 0 Å². The molecule has 2 heterocycles. The Labute approximate surface area is 130 Å². The Morgan fingerprint density at radius 2 is 2.26 bits per heavy atom. The lowest BCUT2D eigenvalue weighted by atomic mass is 10.1. The molecule has 0 radical (unpaired) electrons. The zero-order chi connectivity index (χ0) is 17.2. The van der Waals surface area contributed by atoms with Crippen molar-refractivity contribution in [2.75, 3.05) is 18.8 Å². The van der Waals surface area contributed by atoms with Crippen molar-refractivity contribution in [2.45, 2.75) is 44.1 Å². The second-order valence-corrected chi connectivity index (χ2v) is 5.37. The lowest BCUT2D eigenvalue weighted by molar-refractivity contribution is -0.141. The molecular formula is C13H19F3N4O3. The molecule has 4 N–H and O–H groups in total. The number of alkyl halides is 2. The standard InChI is InChI=1S/C13H19F3N4O3/c1-2-3-4-18-5-8-9(21)13(15,16)11(23-8)20-6-7(14)10(17)19-12(20)22/h6,8-9,11,18,21H,2-5H2,1H3,(H2,17,19,22)/t8-,9-,11-/m1/s1. The summed E-state index contributed by atoms with van der Waals surface area (Å²) in [7, 11) is 0. The number of aliphatic hydroxyl groups is 1. The summed E-state index contributed by atoms with van der Waals surface area (Å²) in [6, 6.07) is 0. The number of nitrogens with two attached hydrogens (primary N) is 1. The van der Waals surface area contributed by atoms with Gasteiger partial charge in [0.1, 0.15) is 12.2 Å². The first-order chi connectivity index (χ1) is 10.8. The Morgan fingerprint density at radius 1 is 1.57 bits per heavy atom. The van der Waals surface area contributed by atoms with E-state index in [1.165, 1.54) is 0 Å². The summed E-state index contributed by atoms with van der Waals surface area (Å²) in [6.45, 7) is 2.53. The van der Waals surface area contributed by atoms with Crippen molar-refractivity contribution in [3.8, 4) is 0 Å². The van der Waals surface area contributed by atoms with Crippen LogP contribution in [-0.4, -0.2) is 45.9 Å². The highest BCUT2D eigenvalue weighted by molar-refractivity contribution is 5.26. The number of anilines is 1. The van der Waals surface area contributed by atoms with Gasteiger partial charge in [-0.15, -0.1) is 0 Å². The number of hydrogen-bond acceptors (Lipinski definition) is 6. The molecule has 0 aromatic carbocycles. The number of ether oxygens (including phenoxy) is 1. The first kappa shape index (κ1) is 17.7. The van der Waals surface area contributed by atoms with Crippen LogP contribution in [0.1, 0.15) is 26.0 Å². The van der Waals surface area contributed by atoms with Crippen LogP contribution in [0.25, 0.3) is 0 Å². The molecule has 1 aliphatic rings. The average molecular weight is 336 g/mol. The van der Waals surface area contributed by atoms with Gasteiger partial charge in [0, 0.05) is 6.54 Å². The number of nitrogen functional groups attached to an aromatic ring is 1. The van der Waals surface area contributed by atoms with E-state index in [1.54, 1.807) is 0 Å². The van der Waals surface area contributed by atoms with Gasteiger partial charge >= 0.3 is 11.6 Å². The molecule has 0 unspecified atom stereocenters. The van der Waals surface area contributed by atoms with Crippen molar-refractivity contribution in [3.05, 3.63) is 22.5 Å². The predicted molar refractivity (Wildman–Crippen MR) is 75.5 cm³/mol. The molecule has 0 saturated carbocycles. The molecular weight excluding hydrogens is 317 g/mol. The number of aliphatic hydroxyl groups excluding tert-OH is 1. The molecule has 2 rings (SSSR count). The lowest BCUT2D eigenvalue weighted by Crippen LogP contribution is -2.43. The van der Waals surface area contributed by atoms with E-state index in [1.807, 2.05) is 6.92 Å². The van der Waals surface area contributed by atoms with Crippen molar-refractivity contribution < 1.29 is 23.0 Å². The highest BCUT2D eigenvalue weighted by Gasteiger charge is 2.59. The van der Waals surface area contributed by atoms with Crippen LogP contribution in [0.15, 0.2) is 11.0 Å². The number of nitrogens with one attached hydrogen (secondary N) is 1. The number of nitrogens with zero attached hydrogens (tertiary/aromatic N) is 2. The largest absolute Gasteiger partial charge is 0.384 e. The summed E-state index contributed by atoms with van der Waals surface area (Å²) in [5.74, 6) is -5.58. The smallest absolute Gasteiger partial charge is 0.352 e. The molecule has 7 nitrogen and oxygen atoms in total. The number of aromatic nitrogens is 2. The van der Waals surface area contributed by atoms with E-state index in [9.17, 15) is 23.1 Å². The fraction of sp³-hybridized carbons (Fsp3) is 0.692. The minimum atomic E-state index is -3.77. The van der Waals surface area contributed by atoms with E-state index in [-0.39, 0.29) is 6.54 Å². The summed E-state index contributed by atoms with van der Waals surface area (Å²) in [5, 5.41) is 12.6. The number of halogens is 3. The van der Waals surface area contributed by atoms with Gasteiger partial charge in [0.2, 0.25) is 6.23 Å². The Bertz CT molecular complexity index is 611. The minimum Gasteiger partial charge on any atom is -0.384 e. The molecule has 23 heavy (non-hydrogen) atoms. The second-order valence-electron chi connectivity index (χ2n) is 5.37. The monoisotopic (exact) mass is 336 g/mol. The molecule has 1 fully saturated rings. The maximum atomic E-state index is 14.2. The first-order valence-corrected chi connectivity index (χ1v) is 7.25. The van der Waals surface area contributed by atoms with Crippen LogP contribution in [0.5, 0.6) is 0 Å². The summed E-state index contributed by atoms with van der Waals surface area (Å²) >= 11 is 0. The lowest BCUT2D eigenvalue weighted by Gasteiger charge is -2.21. The first-order valence-electron chi connectivity index (χ1n) is 7.25. The highest BCUT2D eigenvalue weighted by atomic mass is 19.3. The van der Waals surface area contributed by atoms with Gasteiger partial charge in [-0.1, -0.05) is 13.3 Å². The van der Waals surface area contributed by atoms with E-state index in [2.05, 4.69) is 10.3 Å². The topological polar surface area (TPSA) is 102 Å². The molecule has 0 amide bonds. The van der Waals surface area contributed by atoms with Crippen LogP contribution in [-0.2, 0) is 4.74 Å². The van der Waals surface area contributed by atoms with E-state index in [0.717, 1.165) is 12.8 Å². The quantitative estimate of drug-likeness (QED) is 0.644. The van der Waals surface area contributed by atoms with E-state index in [4.69, 9.17) is 10.5 Å². The van der Waals surface area contributed by atoms with Gasteiger partial charge in [0.15, 0.2) is 11.6 Å². The number of unbranched alkanes of at least 4 members (excludes halogenated alkanes) is 1. The zero-order valence-electron chi connectivity index (χ0n) is 12.5. The molecule has 1 saturated heterocycles. The molecule has 130 valence electrons. The van der Waals surface area contributed by atoms with Gasteiger partial charge in [-0.25, -0.2) is 9.18 Å². The van der Waals surface area contributed by atoms with Gasteiger partial charge in [-0.2, -0.15) is 13.8 Å². The van der Waals surface area contributed by atoms with Crippen LogP contribution in [0.2, 0.25) is 0 Å². The van der Waals surface area contributed by atoms with Crippen molar-refractivity contribution in [2.24, 2.45) is 0 Å². The van der Waals surface area contributed by atoms with Crippen LogP contribution in [0, 0.1) is 5.82 Å². The Balaban J connectivity index is 2.19. The third-order valence-electron chi connectivity index (χ3n) is 3.62. The maximum absolute atomic E-state index is 14.2. The molecule has 3 atom stereocenters. The van der Waals surface area contributed by atoms with E-state index >= 15 is 0 Å². The third-order valence-corrected chi connectivity index (χ3v) is 3.62.